The third-order valence-electron chi connectivity index (χ3n) is 3.68. The van der Waals surface area contributed by atoms with E-state index in [0.29, 0.717) is 0 Å². The molecule has 0 aliphatic rings. The molecule has 2 aromatic carbocycles. The highest BCUT2D eigenvalue weighted by atomic mass is 16.5. The second kappa shape index (κ2) is 6.48. The molecule has 0 unspecified atom stereocenters. The SMILES string of the molecule is CNc1ccc(/C=C/c2cc3ccc(OC)cc3o2)cc1OC. The molecular weight excluding hydrogens is 290 g/mol. The lowest BCUT2D eigenvalue weighted by Crippen LogP contribution is -1.93. The van der Waals surface area contributed by atoms with Crippen molar-refractivity contribution in [3.05, 3.63) is 53.8 Å². The third kappa shape index (κ3) is 3.16. The molecule has 0 bridgehead atoms. The number of hydrogen-bond acceptors (Lipinski definition) is 4. The molecule has 1 aromatic heterocycles. The maximum Gasteiger partial charge on any atom is 0.142 e. The summed E-state index contributed by atoms with van der Waals surface area (Å²) in [5.74, 6) is 2.39. The Balaban J connectivity index is 1.87. The molecule has 0 aliphatic heterocycles. The predicted molar refractivity (Wildman–Crippen MR) is 94.2 cm³/mol. The van der Waals surface area contributed by atoms with E-state index in [9.17, 15) is 0 Å². The summed E-state index contributed by atoms with van der Waals surface area (Å²) in [6.45, 7) is 0. The molecule has 3 aromatic rings. The van der Waals surface area contributed by atoms with Gasteiger partial charge in [0.15, 0.2) is 0 Å². The zero-order valence-corrected chi connectivity index (χ0v) is 13.4. The van der Waals surface area contributed by atoms with Crippen molar-refractivity contribution in [1.29, 1.82) is 0 Å². The first-order valence-corrected chi connectivity index (χ1v) is 7.35. The molecule has 0 atom stereocenters. The number of ether oxygens (including phenoxy) is 2. The van der Waals surface area contributed by atoms with Crippen LogP contribution in [0.4, 0.5) is 5.69 Å². The van der Waals surface area contributed by atoms with Crippen LogP contribution in [0.2, 0.25) is 0 Å². The van der Waals surface area contributed by atoms with Gasteiger partial charge in [-0.2, -0.15) is 0 Å². The Labute approximate surface area is 135 Å². The van der Waals surface area contributed by atoms with E-state index in [1.807, 2.05) is 61.7 Å². The largest absolute Gasteiger partial charge is 0.497 e. The van der Waals surface area contributed by atoms with Crippen molar-refractivity contribution in [2.75, 3.05) is 26.6 Å². The minimum absolute atomic E-state index is 0.787. The molecule has 1 heterocycles. The van der Waals surface area contributed by atoms with Crippen LogP contribution in [0.1, 0.15) is 11.3 Å². The van der Waals surface area contributed by atoms with Crippen LogP contribution in [0.25, 0.3) is 23.1 Å². The lowest BCUT2D eigenvalue weighted by molar-refractivity contribution is 0.414. The average molecular weight is 309 g/mol. The summed E-state index contributed by atoms with van der Waals surface area (Å²) >= 11 is 0. The van der Waals surface area contributed by atoms with Gasteiger partial charge in [-0.1, -0.05) is 12.1 Å². The molecule has 4 heteroatoms. The Bertz CT molecular complexity index is 849. The van der Waals surface area contributed by atoms with Crippen LogP contribution in [-0.4, -0.2) is 21.3 Å². The summed E-state index contributed by atoms with van der Waals surface area (Å²) in [5.41, 5.74) is 2.81. The van der Waals surface area contributed by atoms with Crippen LogP contribution >= 0.6 is 0 Å². The maximum atomic E-state index is 5.82. The van der Waals surface area contributed by atoms with Crippen molar-refractivity contribution in [3.63, 3.8) is 0 Å². The number of hydrogen-bond donors (Lipinski definition) is 1. The molecule has 0 saturated carbocycles. The van der Waals surface area contributed by atoms with Crippen molar-refractivity contribution in [2.45, 2.75) is 0 Å². The first-order chi connectivity index (χ1) is 11.2. The fourth-order valence-electron chi connectivity index (χ4n) is 2.44. The first-order valence-electron chi connectivity index (χ1n) is 7.35. The summed E-state index contributed by atoms with van der Waals surface area (Å²) in [5, 5.41) is 4.15. The van der Waals surface area contributed by atoms with Gasteiger partial charge in [0, 0.05) is 18.5 Å². The second-order valence-corrected chi connectivity index (χ2v) is 5.10. The fraction of sp³-hybridized carbons (Fsp3) is 0.158. The highest BCUT2D eigenvalue weighted by Gasteiger charge is 2.04. The fourth-order valence-corrected chi connectivity index (χ4v) is 2.44. The second-order valence-electron chi connectivity index (χ2n) is 5.10. The molecule has 0 radical (unpaired) electrons. The van der Waals surface area contributed by atoms with Gasteiger partial charge in [-0.3, -0.25) is 0 Å². The van der Waals surface area contributed by atoms with Crippen LogP contribution in [0.5, 0.6) is 11.5 Å². The number of methoxy groups -OCH3 is 2. The van der Waals surface area contributed by atoms with Crippen LogP contribution in [0.3, 0.4) is 0 Å². The molecule has 0 spiro atoms. The number of benzene rings is 2. The molecule has 0 saturated heterocycles. The number of rotatable bonds is 5. The van der Waals surface area contributed by atoms with Crippen molar-refractivity contribution >= 4 is 28.8 Å². The third-order valence-corrected chi connectivity index (χ3v) is 3.68. The number of furan rings is 1. The van der Waals surface area contributed by atoms with Gasteiger partial charge in [-0.05, 0) is 42.0 Å². The van der Waals surface area contributed by atoms with Crippen LogP contribution in [-0.2, 0) is 0 Å². The minimum atomic E-state index is 0.787. The van der Waals surface area contributed by atoms with E-state index in [1.54, 1.807) is 14.2 Å². The quantitative estimate of drug-likeness (QED) is 0.744. The van der Waals surface area contributed by atoms with E-state index < -0.39 is 0 Å². The molecule has 0 fully saturated rings. The van der Waals surface area contributed by atoms with E-state index >= 15 is 0 Å². The number of nitrogens with one attached hydrogen (secondary N) is 1. The molecule has 0 aliphatic carbocycles. The van der Waals surface area contributed by atoms with Crippen LogP contribution in [0.15, 0.2) is 46.9 Å². The van der Waals surface area contributed by atoms with E-state index in [1.165, 1.54) is 0 Å². The van der Waals surface area contributed by atoms with Crippen molar-refractivity contribution < 1.29 is 13.9 Å². The summed E-state index contributed by atoms with van der Waals surface area (Å²) in [6.07, 6.45) is 3.94. The molecule has 4 nitrogen and oxygen atoms in total. The Morgan fingerprint density at radius 2 is 1.83 bits per heavy atom. The summed E-state index contributed by atoms with van der Waals surface area (Å²) in [7, 11) is 5.18. The summed E-state index contributed by atoms with van der Waals surface area (Å²) in [4.78, 5) is 0. The first kappa shape index (κ1) is 15.0. The average Bonchev–Trinajstić information content (AvgIpc) is 3.01. The normalized spacial score (nSPS) is 11.1. The van der Waals surface area contributed by atoms with Crippen molar-refractivity contribution in [1.82, 2.24) is 0 Å². The van der Waals surface area contributed by atoms with Crippen molar-refractivity contribution in [3.8, 4) is 11.5 Å². The Kier molecular flexibility index (Phi) is 4.24. The maximum absolute atomic E-state index is 5.82. The van der Waals surface area contributed by atoms with Gasteiger partial charge < -0.3 is 19.2 Å². The van der Waals surface area contributed by atoms with Gasteiger partial charge >= 0.3 is 0 Å². The smallest absolute Gasteiger partial charge is 0.142 e. The van der Waals surface area contributed by atoms with E-state index in [0.717, 1.165) is 39.5 Å². The van der Waals surface area contributed by atoms with Gasteiger partial charge in [0.05, 0.1) is 19.9 Å². The highest BCUT2D eigenvalue weighted by Crippen LogP contribution is 2.27. The molecule has 3 rings (SSSR count). The van der Waals surface area contributed by atoms with Gasteiger partial charge in [-0.25, -0.2) is 0 Å². The minimum Gasteiger partial charge on any atom is -0.497 e. The van der Waals surface area contributed by atoms with Crippen LogP contribution in [0, 0.1) is 0 Å². The van der Waals surface area contributed by atoms with Gasteiger partial charge in [0.1, 0.15) is 22.8 Å². The van der Waals surface area contributed by atoms with Crippen molar-refractivity contribution in [2.24, 2.45) is 0 Å². The van der Waals surface area contributed by atoms with E-state index in [2.05, 4.69) is 5.32 Å². The lowest BCUT2D eigenvalue weighted by Gasteiger charge is -2.08. The van der Waals surface area contributed by atoms with Gasteiger partial charge in [0.2, 0.25) is 0 Å². The number of anilines is 1. The summed E-state index contributed by atoms with van der Waals surface area (Å²) < 4.78 is 16.4. The van der Waals surface area contributed by atoms with E-state index in [-0.39, 0.29) is 0 Å². The van der Waals surface area contributed by atoms with Gasteiger partial charge in [0.25, 0.3) is 0 Å². The molecule has 23 heavy (non-hydrogen) atoms. The highest BCUT2D eigenvalue weighted by molar-refractivity contribution is 5.83. The van der Waals surface area contributed by atoms with Crippen LogP contribution < -0.4 is 14.8 Å². The number of fused-ring (bicyclic) bond motifs is 1. The lowest BCUT2D eigenvalue weighted by atomic mass is 10.1. The Morgan fingerprint density at radius 1 is 0.957 bits per heavy atom. The van der Waals surface area contributed by atoms with E-state index in [4.69, 9.17) is 13.9 Å². The molecule has 118 valence electrons. The zero-order valence-electron chi connectivity index (χ0n) is 13.4. The topological polar surface area (TPSA) is 43.6 Å². The molecule has 0 amide bonds. The predicted octanol–water partition coefficient (Wildman–Crippen LogP) is 4.66. The summed E-state index contributed by atoms with van der Waals surface area (Å²) in [6, 6.07) is 13.8. The zero-order chi connectivity index (χ0) is 16.2. The standard InChI is InChI=1S/C19H19NO3/c1-20-17-9-5-13(10-19(17)22-3)4-7-16-11-14-6-8-15(21-2)12-18(14)23-16/h4-12,20H,1-3H3/b7-4+. The molecular formula is C19H19NO3. The Morgan fingerprint density at radius 3 is 2.57 bits per heavy atom. The Hall–Kier alpha value is -2.88. The van der Waals surface area contributed by atoms with Gasteiger partial charge in [-0.15, -0.1) is 0 Å². The molecule has 1 N–H and O–H groups in total. The monoisotopic (exact) mass is 309 g/mol.